The minimum Gasteiger partial charge on any atom is -0.462 e. The van der Waals surface area contributed by atoms with Crippen LogP contribution < -0.4 is 10.1 Å². The van der Waals surface area contributed by atoms with Crippen LogP contribution in [-0.2, 0) is 4.74 Å². The molecule has 0 aliphatic heterocycles. The lowest BCUT2D eigenvalue weighted by Gasteiger charge is -2.12. The van der Waals surface area contributed by atoms with Gasteiger partial charge in [0.2, 0.25) is 0 Å². The number of carbonyl (C=O) groups excluding carboxylic acids is 1. The smallest absolute Gasteiger partial charge is 0.462 e. The molecule has 134 valence electrons. The highest BCUT2D eigenvalue weighted by Gasteiger charge is 2.31. The average Bonchev–Trinajstić information content (AvgIpc) is 2.55. The van der Waals surface area contributed by atoms with Crippen LogP contribution in [0.2, 0.25) is 0 Å². The van der Waals surface area contributed by atoms with Gasteiger partial charge < -0.3 is 14.8 Å². The summed E-state index contributed by atoms with van der Waals surface area (Å²) in [5.74, 6) is -0.756. The van der Waals surface area contributed by atoms with Gasteiger partial charge in [0.05, 0.1) is 6.61 Å². The number of rotatable bonds is 6. The molecule has 0 fully saturated rings. The molecule has 0 atom stereocenters. The molecule has 1 heterocycles. The van der Waals surface area contributed by atoms with E-state index in [2.05, 4.69) is 20.0 Å². The quantitative estimate of drug-likeness (QED) is 0.466. The van der Waals surface area contributed by atoms with Crippen molar-refractivity contribution in [2.45, 2.75) is 18.4 Å². The zero-order chi connectivity index (χ0) is 18.4. The second-order valence-electron chi connectivity index (χ2n) is 4.54. The van der Waals surface area contributed by atoms with Gasteiger partial charge in [0.1, 0.15) is 17.1 Å². The first kappa shape index (κ1) is 18.8. The topological polar surface area (TPSA) is 73.3 Å². The summed E-state index contributed by atoms with van der Waals surface area (Å²) in [5, 5.41) is 3.30. The largest absolute Gasteiger partial charge is 0.573 e. The van der Waals surface area contributed by atoms with Crippen molar-refractivity contribution >= 4 is 29.2 Å². The summed E-state index contributed by atoms with van der Waals surface area (Å²) in [4.78, 5) is 20.2. The molecule has 0 unspecified atom stereocenters. The third kappa shape index (κ3) is 5.52. The maximum atomic E-state index is 12.2. The molecular formula is C15H14F3N3O3S. The molecular weight excluding hydrogens is 359 g/mol. The Morgan fingerprint density at radius 2 is 1.96 bits per heavy atom. The summed E-state index contributed by atoms with van der Waals surface area (Å²) >= 11 is 1.28. The van der Waals surface area contributed by atoms with Crippen molar-refractivity contribution in [3.63, 3.8) is 0 Å². The number of benzene rings is 1. The van der Waals surface area contributed by atoms with E-state index in [9.17, 15) is 18.0 Å². The first-order valence-electron chi connectivity index (χ1n) is 7.03. The Hall–Kier alpha value is -2.49. The summed E-state index contributed by atoms with van der Waals surface area (Å²) < 4.78 is 45.3. The standard InChI is InChI=1S/C15H14F3N3O3S/c1-3-23-13(22)11-8-19-14(25-2)21-12(11)20-9-4-6-10(7-5-9)24-15(16,17)18/h4-8H,3H2,1-2H3,(H,19,20,21). The molecule has 0 saturated heterocycles. The highest BCUT2D eigenvalue weighted by atomic mass is 32.2. The van der Waals surface area contributed by atoms with Gasteiger partial charge in [-0.2, -0.15) is 0 Å². The van der Waals surface area contributed by atoms with E-state index in [0.29, 0.717) is 10.8 Å². The second kappa shape index (κ2) is 8.06. The highest BCUT2D eigenvalue weighted by Crippen LogP contribution is 2.26. The molecule has 2 rings (SSSR count). The molecule has 1 aromatic carbocycles. The normalized spacial score (nSPS) is 11.1. The number of esters is 1. The summed E-state index contributed by atoms with van der Waals surface area (Å²) in [5.41, 5.74) is 0.543. The minimum absolute atomic E-state index is 0.121. The van der Waals surface area contributed by atoms with Crippen LogP contribution in [0.1, 0.15) is 17.3 Å². The number of nitrogens with zero attached hydrogens (tertiary/aromatic N) is 2. The molecule has 25 heavy (non-hydrogen) atoms. The Morgan fingerprint density at radius 3 is 2.52 bits per heavy atom. The summed E-state index contributed by atoms with van der Waals surface area (Å²) in [6, 6.07) is 5.04. The second-order valence-corrected chi connectivity index (χ2v) is 5.31. The number of anilines is 2. The fraction of sp³-hybridized carbons (Fsp3) is 0.267. The van der Waals surface area contributed by atoms with Crippen LogP contribution in [0, 0.1) is 0 Å². The zero-order valence-electron chi connectivity index (χ0n) is 13.3. The van der Waals surface area contributed by atoms with Crippen LogP contribution >= 0.6 is 11.8 Å². The van der Waals surface area contributed by atoms with Gasteiger partial charge in [-0.15, -0.1) is 13.2 Å². The predicted molar refractivity (Wildman–Crippen MR) is 86.2 cm³/mol. The maximum absolute atomic E-state index is 12.2. The van der Waals surface area contributed by atoms with Crippen LogP contribution in [0.3, 0.4) is 0 Å². The van der Waals surface area contributed by atoms with Gasteiger partial charge in [-0.1, -0.05) is 11.8 Å². The molecule has 2 aromatic rings. The van der Waals surface area contributed by atoms with E-state index in [1.54, 1.807) is 13.2 Å². The monoisotopic (exact) mass is 373 g/mol. The minimum atomic E-state index is -4.76. The van der Waals surface area contributed by atoms with Gasteiger partial charge in [0.25, 0.3) is 0 Å². The molecule has 0 aliphatic rings. The van der Waals surface area contributed by atoms with E-state index in [4.69, 9.17) is 4.74 Å². The van der Waals surface area contributed by atoms with Gasteiger partial charge in [0.15, 0.2) is 5.16 Å². The summed E-state index contributed by atoms with van der Waals surface area (Å²) in [7, 11) is 0. The van der Waals surface area contributed by atoms with E-state index in [0.717, 1.165) is 12.1 Å². The van der Waals surface area contributed by atoms with Crippen LogP contribution in [0.4, 0.5) is 24.7 Å². The van der Waals surface area contributed by atoms with Crippen molar-refractivity contribution in [2.24, 2.45) is 0 Å². The Morgan fingerprint density at radius 1 is 1.28 bits per heavy atom. The molecule has 0 aliphatic carbocycles. The number of hydrogen-bond acceptors (Lipinski definition) is 7. The van der Waals surface area contributed by atoms with E-state index in [-0.39, 0.29) is 23.7 Å². The highest BCUT2D eigenvalue weighted by molar-refractivity contribution is 7.98. The third-order valence-corrected chi connectivity index (χ3v) is 3.36. The molecule has 6 nitrogen and oxygen atoms in total. The predicted octanol–water partition coefficient (Wildman–Crippen LogP) is 4.02. The number of ether oxygens (including phenoxy) is 2. The SMILES string of the molecule is CCOC(=O)c1cnc(SC)nc1Nc1ccc(OC(F)(F)F)cc1. The summed E-state index contributed by atoms with van der Waals surface area (Å²) in [6.07, 6.45) is -1.65. The number of halogens is 3. The molecule has 0 radical (unpaired) electrons. The molecule has 10 heteroatoms. The number of hydrogen-bond donors (Lipinski definition) is 1. The molecule has 0 saturated carbocycles. The Kier molecular flexibility index (Phi) is 6.07. The molecule has 0 amide bonds. The van der Waals surface area contributed by atoms with Gasteiger partial charge in [0, 0.05) is 11.9 Å². The number of alkyl halides is 3. The van der Waals surface area contributed by atoms with Gasteiger partial charge in [-0.05, 0) is 37.4 Å². The van der Waals surface area contributed by atoms with E-state index in [1.165, 1.54) is 30.1 Å². The van der Waals surface area contributed by atoms with Crippen molar-refractivity contribution in [3.8, 4) is 5.75 Å². The first-order valence-corrected chi connectivity index (χ1v) is 8.26. The number of aromatic nitrogens is 2. The summed E-state index contributed by atoms with van der Waals surface area (Å²) in [6.45, 7) is 1.85. The van der Waals surface area contributed by atoms with Crippen LogP contribution in [-0.4, -0.2) is 35.2 Å². The molecule has 1 aromatic heterocycles. The molecule has 0 spiro atoms. The van der Waals surface area contributed by atoms with Crippen LogP contribution in [0.5, 0.6) is 5.75 Å². The Labute approximate surface area is 145 Å². The van der Waals surface area contributed by atoms with Gasteiger partial charge >= 0.3 is 12.3 Å². The van der Waals surface area contributed by atoms with Crippen molar-refractivity contribution in [1.82, 2.24) is 9.97 Å². The van der Waals surface area contributed by atoms with E-state index < -0.39 is 12.3 Å². The number of carbonyl (C=O) groups is 1. The third-order valence-electron chi connectivity index (χ3n) is 2.80. The molecule has 0 bridgehead atoms. The average molecular weight is 373 g/mol. The van der Waals surface area contributed by atoms with Gasteiger partial charge in [-0.3, -0.25) is 0 Å². The van der Waals surface area contributed by atoms with E-state index in [1.807, 2.05) is 0 Å². The number of thioether (sulfide) groups is 1. The van der Waals surface area contributed by atoms with E-state index >= 15 is 0 Å². The van der Waals surface area contributed by atoms with Crippen molar-refractivity contribution in [1.29, 1.82) is 0 Å². The first-order chi connectivity index (χ1) is 11.8. The Balaban J connectivity index is 2.24. The Bertz CT molecular complexity index is 739. The maximum Gasteiger partial charge on any atom is 0.573 e. The van der Waals surface area contributed by atoms with Crippen LogP contribution in [0.25, 0.3) is 0 Å². The lowest BCUT2D eigenvalue weighted by atomic mass is 10.2. The van der Waals surface area contributed by atoms with Crippen molar-refractivity contribution in [2.75, 3.05) is 18.2 Å². The zero-order valence-corrected chi connectivity index (χ0v) is 14.1. The molecule has 1 N–H and O–H groups in total. The van der Waals surface area contributed by atoms with Crippen LogP contribution in [0.15, 0.2) is 35.6 Å². The fourth-order valence-corrected chi connectivity index (χ4v) is 2.13. The van der Waals surface area contributed by atoms with Gasteiger partial charge in [-0.25, -0.2) is 14.8 Å². The van der Waals surface area contributed by atoms with Crippen molar-refractivity contribution < 1.29 is 27.4 Å². The lowest BCUT2D eigenvalue weighted by molar-refractivity contribution is -0.274. The fourth-order valence-electron chi connectivity index (χ4n) is 1.79. The number of nitrogens with one attached hydrogen (secondary N) is 1. The van der Waals surface area contributed by atoms with Crippen molar-refractivity contribution in [3.05, 3.63) is 36.0 Å². The lowest BCUT2D eigenvalue weighted by Crippen LogP contribution is -2.17.